The maximum atomic E-state index is 12.4. The average Bonchev–Trinajstić information content (AvgIpc) is 3.05. The summed E-state index contributed by atoms with van der Waals surface area (Å²) in [6.07, 6.45) is 1.59. The summed E-state index contributed by atoms with van der Waals surface area (Å²) in [6, 6.07) is 16.4. The number of hydrogen-bond donors (Lipinski definition) is 2. The van der Waals surface area contributed by atoms with Gasteiger partial charge in [-0.1, -0.05) is 59.2 Å². The summed E-state index contributed by atoms with van der Waals surface area (Å²) in [5.41, 5.74) is 8.94. The Morgan fingerprint density at radius 2 is 1.84 bits per heavy atom. The van der Waals surface area contributed by atoms with Crippen molar-refractivity contribution in [2.24, 2.45) is 5.73 Å². The van der Waals surface area contributed by atoms with E-state index in [2.05, 4.69) is 10.5 Å². The van der Waals surface area contributed by atoms with Crippen LogP contribution < -0.4 is 11.1 Å². The molecule has 0 saturated carbocycles. The molecule has 0 radical (unpaired) electrons. The highest BCUT2D eigenvalue weighted by Gasteiger charge is 2.22. The number of nitrogens with two attached hydrogens (primary N) is 1. The normalized spacial score (nSPS) is 11.4. The zero-order chi connectivity index (χ0) is 17.8. The Balaban J connectivity index is 2.07. The van der Waals surface area contributed by atoms with Crippen molar-refractivity contribution in [3.63, 3.8) is 0 Å². The summed E-state index contributed by atoms with van der Waals surface area (Å²) in [7, 11) is 1.56. The number of amides is 1. The number of nitrogens with zero attached hydrogens (tertiary/aromatic N) is 1. The summed E-state index contributed by atoms with van der Waals surface area (Å²) in [5, 5.41) is 7.29. The minimum Gasteiger partial charge on any atom is -0.398 e. The first-order chi connectivity index (χ1) is 12.1. The Bertz CT molecular complexity index is 916. The molecule has 5 nitrogen and oxygen atoms in total. The van der Waals surface area contributed by atoms with Crippen LogP contribution in [0.5, 0.6) is 0 Å². The minimum atomic E-state index is -0.296. The summed E-state index contributed by atoms with van der Waals surface area (Å²) in [5.74, 6) is 0.000845. The molecule has 6 heteroatoms. The third-order valence-corrected chi connectivity index (χ3v) is 3.94. The molecular weight excluding hydrogens is 338 g/mol. The summed E-state index contributed by atoms with van der Waals surface area (Å²) in [6.45, 7) is 0. The van der Waals surface area contributed by atoms with E-state index >= 15 is 0 Å². The van der Waals surface area contributed by atoms with Crippen molar-refractivity contribution in [3.05, 3.63) is 76.5 Å². The molecule has 0 fully saturated rings. The van der Waals surface area contributed by atoms with Crippen LogP contribution in [-0.2, 0) is 0 Å². The lowest BCUT2D eigenvalue weighted by Gasteiger charge is -2.03. The van der Waals surface area contributed by atoms with Crippen LogP contribution in [0.25, 0.3) is 23.0 Å². The highest BCUT2D eigenvalue weighted by atomic mass is 35.5. The van der Waals surface area contributed by atoms with Crippen LogP contribution in [0.3, 0.4) is 0 Å². The molecule has 3 N–H and O–H groups in total. The largest absolute Gasteiger partial charge is 0.398 e. The fraction of sp³-hybridized carbons (Fsp3) is 0.0526. The smallest absolute Gasteiger partial charge is 0.257 e. The molecule has 2 aromatic carbocycles. The van der Waals surface area contributed by atoms with Gasteiger partial charge in [0.2, 0.25) is 0 Å². The molecule has 0 unspecified atom stereocenters. The summed E-state index contributed by atoms with van der Waals surface area (Å²) >= 11 is 5.89. The first-order valence-corrected chi connectivity index (χ1v) is 7.98. The van der Waals surface area contributed by atoms with Crippen molar-refractivity contribution >= 4 is 29.3 Å². The van der Waals surface area contributed by atoms with Crippen molar-refractivity contribution in [2.75, 3.05) is 7.05 Å². The van der Waals surface area contributed by atoms with Crippen LogP contribution in [-0.4, -0.2) is 18.1 Å². The third kappa shape index (κ3) is 3.56. The number of carbonyl (C=O) groups is 1. The zero-order valence-electron chi connectivity index (χ0n) is 13.5. The van der Waals surface area contributed by atoms with Gasteiger partial charge in [-0.25, -0.2) is 0 Å². The number of aromatic nitrogens is 1. The Labute approximate surface area is 150 Å². The monoisotopic (exact) mass is 353 g/mol. The van der Waals surface area contributed by atoms with E-state index in [9.17, 15) is 4.79 Å². The van der Waals surface area contributed by atoms with Crippen molar-refractivity contribution in [1.29, 1.82) is 0 Å². The maximum Gasteiger partial charge on any atom is 0.257 e. The highest BCUT2D eigenvalue weighted by Crippen LogP contribution is 2.27. The molecule has 0 saturated heterocycles. The van der Waals surface area contributed by atoms with Gasteiger partial charge >= 0.3 is 0 Å². The Morgan fingerprint density at radius 3 is 2.48 bits per heavy atom. The van der Waals surface area contributed by atoms with E-state index in [0.29, 0.717) is 27.7 Å². The minimum absolute atomic E-state index is 0.296. The predicted molar refractivity (Wildman–Crippen MR) is 98.8 cm³/mol. The zero-order valence-corrected chi connectivity index (χ0v) is 14.2. The van der Waals surface area contributed by atoms with Crippen LogP contribution in [0.1, 0.15) is 21.7 Å². The highest BCUT2D eigenvalue weighted by molar-refractivity contribution is 6.30. The molecule has 0 aliphatic heterocycles. The van der Waals surface area contributed by atoms with E-state index in [0.717, 1.165) is 11.1 Å². The number of carbonyl (C=O) groups excluding carboxylic acids is 1. The van der Waals surface area contributed by atoms with Gasteiger partial charge in [0.1, 0.15) is 11.3 Å². The van der Waals surface area contributed by atoms with E-state index < -0.39 is 0 Å². The maximum absolute atomic E-state index is 12.4. The van der Waals surface area contributed by atoms with Crippen molar-refractivity contribution in [1.82, 2.24) is 10.5 Å². The van der Waals surface area contributed by atoms with Gasteiger partial charge < -0.3 is 15.6 Å². The van der Waals surface area contributed by atoms with Gasteiger partial charge in [-0.2, -0.15) is 0 Å². The molecule has 25 heavy (non-hydrogen) atoms. The van der Waals surface area contributed by atoms with Gasteiger partial charge in [-0.15, -0.1) is 0 Å². The second-order valence-electron chi connectivity index (χ2n) is 5.32. The van der Waals surface area contributed by atoms with Gasteiger partial charge in [-0.3, -0.25) is 4.79 Å². The predicted octanol–water partition coefficient (Wildman–Crippen LogP) is 3.81. The van der Waals surface area contributed by atoms with E-state index in [1.54, 1.807) is 37.4 Å². The second kappa shape index (κ2) is 7.23. The Hall–Kier alpha value is -3.05. The molecular formula is C19H16ClN3O2. The van der Waals surface area contributed by atoms with E-state index in [1.807, 2.05) is 30.3 Å². The molecule has 1 amide bonds. The van der Waals surface area contributed by atoms with Crippen LogP contribution in [0.4, 0.5) is 0 Å². The average molecular weight is 354 g/mol. The molecule has 3 aromatic rings. The number of nitrogens with one attached hydrogen (secondary N) is 1. The standard InChI is InChI=1S/C19H16ClN3O2/c1-22-19(24)17-16(11-15(21)12-7-9-14(20)10-8-12)25-23-18(17)13-5-3-2-4-6-13/h2-11H,21H2,1H3,(H,22,24)/b15-11+. The molecule has 0 aliphatic rings. The van der Waals surface area contributed by atoms with Crippen molar-refractivity contribution in [2.45, 2.75) is 0 Å². The Kier molecular flexibility index (Phi) is 4.86. The second-order valence-corrected chi connectivity index (χ2v) is 5.76. The molecule has 0 aliphatic carbocycles. The van der Waals surface area contributed by atoms with Crippen molar-refractivity contribution in [3.8, 4) is 11.3 Å². The van der Waals surface area contributed by atoms with Gasteiger partial charge in [0, 0.05) is 29.4 Å². The van der Waals surface area contributed by atoms with Crippen molar-refractivity contribution < 1.29 is 9.32 Å². The number of halogens is 1. The number of hydrogen-bond acceptors (Lipinski definition) is 4. The van der Waals surface area contributed by atoms with Crippen LogP contribution in [0.15, 0.2) is 59.1 Å². The molecule has 1 aromatic heterocycles. The summed E-state index contributed by atoms with van der Waals surface area (Å²) < 4.78 is 5.40. The quantitative estimate of drug-likeness (QED) is 0.747. The molecule has 1 heterocycles. The lowest BCUT2D eigenvalue weighted by molar-refractivity contribution is 0.0963. The molecule has 0 spiro atoms. The van der Waals surface area contributed by atoms with E-state index in [1.165, 1.54) is 0 Å². The Morgan fingerprint density at radius 1 is 1.16 bits per heavy atom. The number of benzene rings is 2. The number of rotatable bonds is 4. The molecule has 0 bridgehead atoms. The molecule has 126 valence electrons. The molecule has 0 atom stereocenters. The third-order valence-electron chi connectivity index (χ3n) is 3.68. The summed E-state index contributed by atoms with van der Waals surface area (Å²) in [4.78, 5) is 12.4. The topological polar surface area (TPSA) is 81.2 Å². The van der Waals surface area contributed by atoms with Crippen LogP contribution in [0, 0.1) is 0 Å². The lowest BCUT2D eigenvalue weighted by atomic mass is 10.0. The van der Waals surface area contributed by atoms with E-state index in [-0.39, 0.29) is 5.91 Å². The lowest BCUT2D eigenvalue weighted by Crippen LogP contribution is -2.19. The fourth-order valence-electron chi connectivity index (χ4n) is 2.41. The van der Waals surface area contributed by atoms with Gasteiger partial charge in [-0.05, 0) is 17.7 Å². The first kappa shape index (κ1) is 16.8. The molecule has 3 rings (SSSR count). The fourth-order valence-corrected chi connectivity index (χ4v) is 2.53. The van der Waals surface area contributed by atoms with Crippen LogP contribution >= 0.6 is 11.6 Å². The van der Waals surface area contributed by atoms with Gasteiger partial charge in [0.25, 0.3) is 5.91 Å². The SMILES string of the molecule is CNC(=O)c1c(-c2ccccc2)noc1/C=C(/N)c1ccc(Cl)cc1. The van der Waals surface area contributed by atoms with Gasteiger partial charge in [0.15, 0.2) is 5.76 Å². The van der Waals surface area contributed by atoms with Gasteiger partial charge in [0.05, 0.1) is 0 Å². The van der Waals surface area contributed by atoms with E-state index in [4.69, 9.17) is 21.9 Å². The van der Waals surface area contributed by atoms with Crippen LogP contribution in [0.2, 0.25) is 5.02 Å². The first-order valence-electron chi connectivity index (χ1n) is 7.60.